The van der Waals surface area contributed by atoms with Gasteiger partial charge < -0.3 is 15.3 Å². The van der Waals surface area contributed by atoms with Crippen LogP contribution in [0.1, 0.15) is 25.7 Å². The predicted molar refractivity (Wildman–Crippen MR) is 77.0 cm³/mol. The van der Waals surface area contributed by atoms with Crippen LogP contribution in [0.25, 0.3) is 0 Å². The van der Waals surface area contributed by atoms with E-state index >= 15 is 0 Å². The first-order valence-electron chi connectivity index (χ1n) is 6.51. The minimum atomic E-state index is -0.0791. The number of carbonyl (C=O) groups is 1. The van der Waals surface area contributed by atoms with Gasteiger partial charge in [-0.3, -0.25) is 0 Å². The molecule has 1 aromatic rings. The van der Waals surface area contributed by atoms with Crippen LogP contribution in [-0.2, 0) is 0 Å². The molecule has 0 saturated heterocycles. The Morgan fingerprint density at radius 2 is 2.26 bits per heavy atom. The largest absolute Gasteiger partial charge is 0.396 e. The van der Waals surface area contributed by atoms with Crippen molar-refractivity contribution in [2.24, 2.45) is 0 Å². The zero-order valence-corrected chi connectivity index (χ0v) is 12.3. The molecule has 1 aliphatic carbocycles. The maximum absolute atomic E-state index is 12.2. The maximum atomic E-state index is 12.2. The Balaban J connectivity index is 1.89. The predicted octanol–water partition coefficient (Wildman–Crippen LogP) is 2.61. The number of amides is 2. The summed E-state index contributed by atoms with van der Waals surface area (Å²) in [7, 11) is 0. The molecule has 0 aromatic carbocycles. The second-order valence-corrected chi connectivity index (χ2v) is 5.47. The Hall–Kier alpha value is -1.14. The van der Waals surface area contributed by atoms with Gasteiger partial charge in [-0.05, 0) is 53.7 Å². The number of unbranched alkanes of at least 4 members (excludes halogenated alkanes) is 1. The molecule has 0 unspecified atom stereocenters. The van der Waals surface area contributed by atoms with Gasteiger partial charge in [-0.1, -0.05) is 0 Å². The fourth-order valence-corrected chi connectivity index (χ4v) is 2.11. The molecule has 0 bridgehead atoms. The van der Waals surface area contributed by atoms with E-state index in [4.69, 9.17) is 5.11 Å². The molecular formula is C13H18BrN3O2. The standard InChI is InChI=1S/C13H18BrN3O2/c14-12-6-3-10(9-15-12)16-13(19)17(11-4-5-11)7-1-2-8-18/h3,6,9,11,18H,1-2,4-5,7-8H2,(H,16,19). The highest BCUT2D eigenvalue weighted by Gasteiger charge is 2.32. The number of urea groups is 1. The van der Waals surface area contributed by atoms with Crippen molar-refractivity contribution in [3.63, 3.8) is 0 Å². The quantitative estimate of drug-likeness (QED) is 0.623. The lowest BCUT2D eigenvalue weighted by Gasteiger charge is -2.22. The van der Waals surface area contributed by atoms with Gasteiger partial charge in [0.2, 0.25) is 0 Å². The number of pyridine rings is 1. The van der Waals surface area contributed by atoms with Crippen LogP contribution >= 0.6 is 15.9 Å². The highest BCUT2D eigenvalue weighted by atomic mass is 79.9. The van der Waals surface area contributed by atoms with E-state index in [0.29, 0.717) is 18.3 Å². The van der Waals surface area contributed by atoms with Crippen LogP contribution in [0.5, 0.6) is 0 Å². The zero-order valence-electron chi connectivity index (χ0n) is 10.7. The third-order valence-electron chi connectivity index (χ3n) is 3.03. The first-order chi connectivity index (χ1) is 9.20. The Morgan fingerprint density at radius 1 is 1.47 bits per heavy atom. The summed E-state index contributed by atoms with van der Waals surface area (Å²) in [5.74, 6) is 0. The molecule has 0 aliphatic heterocycles. The smallest absolute Gasteiger partial charge is 0.322 e. The van der Waals surface area contributed by atoms with E-state index < -0.39 is 0 Å². The van der Waals surface area contributed by atoms with Crippen LogP contribution < -0.4 is 5.32 Å². The number of carbonyl (C=O) groups excluding carboxylic acids is 1. The van der Waals surface area contributed by atoms with Crippen LogP contribution in [0.15, 0.2) is 22.9 Å². The number of aliphatic hydroxyl groups is 1. The van der Waals surface area contributed by atoms with E-state index in [0.717, 1.165) is 30.3 Å². The molecule has 0 spiro atoms. The highest BCUT2D eigenvalue weighted by Crippen LogP contribution is 2.27. The molecule has 1 saturated carbocycles. The molecular weight excluding hydrogens is 310 g/mol. The van der Waals surface area contributed by atoms with Crippen molar-refractivity contribution < 1.29 is 9.90 Å². The summed E-state index contributed by atoms with van der Waals surface area (Å²) in [6, 6.07) is 3.89. The number of nitrogens with one attached hydrogen (secondary N) is 1. The molecule has 104 valence electrons. The molecule has 0 radical (unpaired) electrons. The van der Waals surface area contributed by atoms with Crippen molar-refractivity contribution in [3.05, 3.63) is 22.9 Å². The Bertz CT molecular complexity index is 420. The molecule has 0 atom stereocenters. The van der Waals surface area contributed by atoms with Crippen molar-refractivity contribution in [1.29, 1.82) is 0 Å². The lowest BCUT2D eigenvalue weighted by atomic mass is 10.3. The molecule has 19 heavy (non-hydrogen) atoms. The number of anilines is 1. The van der Waals surface area contributed by atoms with Crippen LogP contribution in [0, 0.1) is 0 Å². The SMILES string of the molecule is O=C(Nc1ccc(Br)nc1)N(CCCCO)C1CC1. The van der Waals surface area contributed by atoms with Crippen molar-refractivity contribution >= 4 is 27.6 Å². The van der Waals surface area contributed by atoms with E-state index in [2.05, 4.69) is 26.2 Å². The van der Waals surface area contributed by atoms with Crippen LogP contribution in [0.2, 0.25) is 0 Å². The topological polar surface area (TPSA) is 65.5 Å². The Morgan fingerprint density at radius 3 is 2.84 bits per heavy atom. The molecule has 1 aromatic heterocycles. The molecule has 5 nitrogen and oxygen atoms in total. The highest BCUT2D eigenvalue weighted by molar-refractivity contribution is 9.10. The Kier molecular flexibility index (Phi) is 5.15. The second kappa shape index (κ2) is 6.86. The van der Waals surface area contributed by atoms with Gasteiger partial charge in [0.05, 0.1) is 11.9 Å². The van der Waals surface area contributed by atoms with Crippen molar-refractivity contribution in [1.82, 2.24) is 9.88 Å². The average Bonchev–Trinajstić information content (AvgIpc) is 3.22. The molecule has 1 fully saturated rings. The van der Waals surface area contributed by atoms with Gasteiger partial charge in [0, 0.05) is 19.2 Å². The van der Waals surface area contributed by atoms with Gasteiger partial charge in [0.1, 0.15) is 4.60 Å². The van der Waals surface area contributed by atoms with Crippen LogP contribution in [-0.4, -0.2) is 40.2 Å². The number of rotatable bonds is 6. The van der Waals surface area contributed by atoms with Crippen LogP contribution in [0.4, 0.5) is 10.5 Å². The van der Waals surface area contributed by atoms with E-state index in [-0.39, 0.29) is 12.6 Å². The molecule has 2 N–H and O–H groups in total. The van der Waals surface area contributed by atoms with Gasteiger partial charge >= 0.3 is 6.03 Å². The summed E-state index contributed by atoms with van der Waals surface area (Å²) in [5.41, 5.74) is 0.695. The third kappa shape index (κ3) is 4.47. The van der Waals surface area contributed by atoms with Gasteiger partial charge in [0.25, 0.3) is 0 Å². The fraction of sp³-hybridized carbons (Fsp3) is 0.538. The number of aromatic nitrogens is 1. The fourth-order valence-electron chi connectivity index (χ4n) is 1.88. The van der Waals surface area contributed by atoms with Crippen LogP contribution in [0.3, 0.4) is 0 Å². The normalized spacial score (nSPS) is 14.2. The first-order valence-corrected chi connectivity index (χ1v) is 7.30. The average molecular weight is 328 g/mol. The van der Waals surface area contributed by atoms with Gasteiger partial charge in [-0.2, -0.15) is 0 Å². The summed E-state index contributed by atoms with van der Waals surface area (Å²) in [5, 5.41) is 11.7. The Labute approximate surface area is 121 Å². The van der Waals surface area contributed by atoms with E-state index in [1.807, 2.05) is 11.0 Å². The van der Waals surface area contributed by atoms with Crippen molar-refractivity contribution in [2.45, 2.75) is 31.7 Å². The summed E-state index contributed by atoms with van der Waals surface area (Å²) in [6.45, 7) is 0.873. The number of halogens is 1. The second-order valence-electron chi connectivity index (χ2n) is 4.66. The maximum Gasteiger partial charge on any atom is 0.322 e. The van der Waals surface area contributed by atoms with Gasteiger partial charge in [-0.15, -0.1) is 0 Å². The first kappa shape index (κ1) is 14.3. The molecule has 6 heteroatoms. The molecule has 1 aliphatic rings. The number of nitrogens with zero attached hydrogens (tertiary/aromatic N) is 2. The number of hydrogen-bond acceptors (Lipinski definition) is 3. The molecule has 2 rings (SSSR count). The van der Waals surface area contributed by atoms with E-state index in [1.54, 1.807) is 12.3 Å². The summed E-state index contributed by atoms with van der Waals surface area (Å²) >= 11 is 3.26. The lowest BCUT2D eigenvalue weighted by molar-refractivity contribution is 0.204. The number of hydrogen-bond donors (Lipinski definition) is 2. The van der Waals surface area contributed by atoms with E-state index in [9.17, 15) is 4.79 Å². The zero-order chi connectivity index (χ0) is 13.7. The van der Waals surface area contributed by atoms with Crippen molar-refractivity contribution in [3.8, 4) is 0 Å². The van der Waals surface area contributed by atoms with Crippen molar-refractivity contribution in [2.75, 3.05) is 18.5 Å². The molecule has 2 amide bonds. The lowest BCUT2D eigenvalue weighted by Crippen LogP contribution is -2.37. The van der Waals surface area contributed by atoms with Gasteiger partial charge in [0.15, 0.2) is 0 Å². The minimum absolute atomic E-state index is 0.0791. The third-order valence-corrected chi connectivity index (χ3v) is 3.50. The summed E-state index contributed by atoms with van der Waals surface area (Å²) in [4.78, 5) is 18.1. The summed E-state index contributed by atoms with van der Waals surface area (Å²) < 4.78 is 0.743. The molecule has 1 heterocycles. The van der Waals surface area contributed by atoms with Gasteiger partial charge in [-0.25, -0.2) is 9.78 Å². The summed E-state index contributed by atoms with van der Waals surface area (Å²) in [6.07, 6.45) is 5.34. The number of aliphatic hydroxyl groups excluding tert-OH is 1. The van der Waals surface area contributed by atoms with E-state index in [1.165, 1.54) is 0 Å². The monoisotopic (exact) mass is 327 g/mol. The minimum Gasteiger partial charge on any atom is -0.396 e.